The number of amides is 2. The van der Waals surface area contributed by atoms with Crippen LogP contribution in [0.25, 0.3) is 0 Å². The van der Waals surface area contributed by atoms with Gasteiger partial charge in [0.15, 0.2) is 0 Å². The summed E-state index contributed by atoms with van der Waals surface area (Å²) in [5.41, 5.74) is 1.56. The summed E-state index contributed by atoms with van der Waals surface area (Å²) in [6.45, 7) is 0. The summed E-state index contributed by atoms with van der Waals surface area (Å²) >= 11 is 9.10. The number of hydrogen-bond acceptors (Lipinski definition) is 5. The van der Waals surface area contributed by atoms with Gasteiger partial charge in [-0.15, -0.1) is 22.0 Å². The van der Waals surface area contributed by atoms with Gasteiger partial charge in [0, 0.05) is 22.2 Å². The lowest BCUT2D eigenvalue weighted by Gasteiger charge is -2.04. The maximum Gasteiger partial charge on any atom is 0.325 e. The third-order valence-electron chi connectivity index (χ3n) is 3.23. The predicted octanol–water partition coefficient (Wildman–Crippen LogP) is 5.41. The molecular weight excluding hydrogens is 395 g/mol. The molecule has 0 radical (unpaired) electrons. The first-order valence-corrected chi connectivity index (χ1v) is 9.92. The standard InChI is InChI=1S/C17H14ClFN4OS2/c18-14-4-2-1-3-11(14)9-25-10-15-22-23-17(26-15)21-16(24)20-13-7-5-12(19)6-8-13/h1-8H,9-10H2,(H2,20,21,23,24). The van der Waals surface area contributed by atoms with Crippen molar-refractivity contribution in [3.8, 4) is 0 Å². The minimum Gasteiger partial charge on any atom is -0.308 e. The molecule has 9 heteroatoms. The number of hydrogen-bond donors (Lipinski definition) is 2. The van der Waals surface area contributed by atoms with Crippen LogP contribution >= 0.6 is 34.7 Å². The number of carbonyl (C=O) groups is 1. The molecule has 26 heavy (non-hydrogen) atoms. The zero-order valence-corrected chi connectivity index (χ0v) is 15.8. The number of anilines is 2. The number of aromatic nitrogens is 2. The molecular formula is C17H14ClFN4OS2. The van der Waals surface area contributed by atoms with Crippen LogP contribution in [0.3, 0.4) is 0 Å². The molecule has 2 amide bonds. The summed E-state index contributed by atoms with van der Waals surface area (Å²) in [6.07, 6.45) is 0. The lowest BCUT2D eigenvalue weighted by Crippen LogP contribution is -2.19. The Kier molecular flexibility index (Phi) is 6.43. The lowest BCUT2D eigenvalue weighted by atomic mass is 10.2. The summed E-state index contributed by atoms with van der Waals surface area (Å²) in [5.74, 6) is 1.08. The average molecular weight is 409 g/mol. The van der Waals surface area contributed by atoms with Crippen LogP contribution in [-0.4, -0.2) is 16.2 Å². The number of nitrogens with one attached hydrogen (secondary N) is 2. The van der Waals surface area contributed by atoms with Gasteiger partial charge in [0.1, 0.15) is 10.8 Å². The van der Waals surface area contributed by atoms with Crippen LogP contribution in [0.5, 0.6) is 0 Å². The van der Waals surface area contributed by atoms with E-state index < -0.39 is 6.03 Å². The monoisotopic (exact) mass is 408 g/mol. The Hall–Kier alpha value is -2.16. The Morgan fingerprint density at radius 2 is 1.85 bits per heavy atom. The highest BCUT2D eigenvalue weighted by atomic mass is 35.5. The zero-order valence-electron chi connectivity index (χ0n) is 13.4. The van der Waals surface area contributed by atoms with E-state index in [1.165, 1.54) is 35.6 Å². The summed E-state index contributed by atoms with van der Waals surface area (Å²) in [4.78, 5) is 11.9. The highest BCUT2D eigenvalue weighted by Gasteiger charge is 2.09. The Morgan fingerprint density at radius 3 is 2.62 bits per heavy atom. The van der Waals surface area contributed by atoms with Gasteiger partial charge in [-0.3, -0.25) is 5.32 Å². The number of nitrogens with zero attached hydrogens (tertiary/aromatic N) is 2. The van der Waals surface area contributed by atoms with Gasteiger partial charge in [-0.05, 0) is 35.9 Å². The van der Waals surface area contributed by atoms with Gasteiger partial charge in [0.25, 0.3) is 0 Å². The molecule has 5 nitrogen and oxygen atoms in total. The van der Waals surface area contributed by atoms with E-state index in [1.54, 1.807) is 11.8 Å². The van der Waals surface area contributed by atoms with Crippen LogP contribution in [0.1, 0.15) is 10.6 Å². The fourth-order valence-electron chi connectivity index (χ4n) is 2.02. The smallest absolute Gasteiger partial charge is 0.308 e. The molecule has 0 aliphatic heterocycles. The number of rotatable bonds is 6. The topological polar surface area (TPSA) is 66.9 Å². The first-order valence-electron chi connectivity index (χ1n) is 7.57. The normalized spacial score (nSPS) is 10.5. The van der Waals surface area contributed by atoms with Crippen LogP contribution in [0.4, 0.5) is 20.0 Å². The van der Waals surface area contributed by atoms with Gasteiger partial charge in [0.05, 0.1) is 0 Å². The van der Waals surface area contributed by atoms with Crippen molar-refractivity contribution in [2.45, 2.75) is 11.5 Å². The van der Waals surface area contributed by atoms with Crippen molar-refractivity contribution < 1.29 is 9.18 Å². The van der Waals surface area contributed by atoms with Crippen molar-refractivity contribution in [3.05, 3.63) is 69.9 Å². The lowest BCUT2D eigenvalue weighted by molar-refractivity contribution is 0.262. The van der Waals surface area contributed by atoms with E-state index in [0.717, 1.165) is 21.3 Å². The third kappa shape index (κ3) is 5.42. The molecule has 3 rings (SSSR count). The minimum absolute atomic E-state index is 0.362. The fraction of sp³-hybridized carbons (Fsp3) is 0.118. The van der Waals surface area contributed by atoms with Crippen LogP contribution in [0.2, 0.25) is 5.02 Å². The minimum atomic E-state index is -0.456. The molecule has 134 valence electrons. The van der Waals surface area contributed by atoms with Gasteiger partial charge < -0.3 is 5.32 Å². The van der Waals surface area contributed by atoms with Crippen LogP contribution < -0.4 is 10.6 Å². The van der Waals surface area contributed by atoms with Crippen LogP contribution in [0, 0.1) is 5.82 Å². The van der Waals surface area contributed by atoms with E-state index in [1.807, 2.05) is 24.3 Å². The number of thioether (sulfide) groups is 1. The van der Waals surface area contributed by atoms with Crippen molar-refractivity contribution in [1.29, 1.82) is 0 Å². The van der Waals surface area contributed by atoms with E-state index in [2.05, 4.69) is 20.8 Å². The zero-order chi connectivity index (χ0) is 18.4. The van der Waals surface area contributed by atoms with Gasteiger partial charge in [-0.2, -0.15) is 0 Å². The summed E-state index contributed by atoms with van der Waals surface area (Å²) < 4.78 is 12.9. The molecule has 0 fully saturated rings. The maximum absolute atomic E-state index is 12.9. The molecule has 1 aromatic heterocycles. The fourth-order valence-corrected chi connectivity index (χ4v) is 4.12. The highest BCUT2D eigenvalue weighted by Crippen LogP contribution is 2.25. The van der Waals surface area contributed by atoms with Crippen molar-refractivity contribution in [3.63, 3.8) is 0 Å². The van der Waals surface area contributed by atoms with E-state index in [4.69, 9.17) is 11.6 Å². The Labute approximate surface area is 163 Å². The number of carbonyl (C=O) groups excluding carboxylic acids is 1. The second-order valence-electron chi connectivity index (χ2n) is 5.17. The maximum atomic E-state index is 12.9. The van der Waals surface area contributed by atoms with Crippen molar-refractivity contribution in [1.82, 2.24) is 10.2 Å². The third-order valence-corrected chi connectivity index (χ3v) is 5.61. The van der Waals surface area contributed by atoms with Crippen molar-refractivity contribution >= 4 is 51.5 Å². The second kappa shape index (κ2) is 8.98. The van der Waals surface area contributed by atoms with Crippen molar-refractivity contribution in [2.24, 2.45) is 0 Å². The molecule has 0 unspecified atom stereocenters. The van der Waals surface area contributed by atoms with Gasteiger partial charge in [-0.1, -0.05) is 41.1 Å². The highest BCUT2D eigenvalue weighted by molar-refractivity contribution is 7.97. The SMILES string of the molecule is O=C(Nc1ccc(F)cc1)Nc1nnc(CSCc2ccccc2Cl)s1. The number of benzene rings is 2. The Balaban J connectivity index is 1.47. The quantitative estimate of drug-likeness (QED) is 0.572. The first kappa shape index (κ1) is 18.6. The Bertz CT molecular complexity index is 888. The largest absolute Gasteiger partial charge is 0.325 e. The summed E-state index contributed by atoms with van der Waals surface area (Å²) in [6, 6.07) is 12.8. The molecule has 1 heterocycles. The molecule has 0 atom stereocenters. The molecule has 2 aromatic carbocycles. The first-order chi connectivity index (χ1) is 12.6. The predicted molar refractivity (Wildman–Crippen MR) is 105 cm³/mol. The molecule has 0 aliphatic rings. The van der Waals surface area contributed by atoms with Gasteiger partial charge >= 0.3 is 6.03 Å². The number of urea groups is 1. The van der Waals surface area contributed by atoms with E-state index in [0.29, 0.717) is 16.6 Å². The summed E-state index contributed by atoms with van der Waals surface area (Å²) in [5, 5.41) is 15.2. The molecule has 0 aliphatic carbocycles. The van der Waals surface area contributed by atoms with Crippen LogP contribution in [-0.2, 0) is 11.5 Å². The summed E-state index contributed by atoms with van der Waals surface area (Å²) in [7, 11) is 0. The molecule has 0 spiro atoms. The Morgan fingerprint density at radius 1 is 1.08 bits per heavy atom. The van der Waals surface area contributed by atoms with E-state index >= 15 is 0 Å². The molecule has 0 saturated heterocycles. The molecule has 0 saturated carbocycles. The van der Waals surface area contributed by atoms with Crippen molar-refractivity contribution in [2.75, 3.05) is 10.6 Å². The van der Waals surface area contributed by atoms with Gasteiger partial charge in [-0.25, -0.2) is 9.18 Å². The van der Waals surface area contributed by atoms with E-state index in [9.17, 15) is 9.18 Å². The molecule has 0 bridgehead atoms. The second-order valence-corrected chi connectivity index (χ2v) is 7.63. The average Bonchev–Trinajstić information content (AvgIpc) is 3.06. The molecule has 2 N–H and O–H groups in total. The van der Waals surface area contributed by atoms with Gasteiger partial charge in [0.2, 0.25) is 5.13 Å². The number of halogens is 2. The van der Waals surface area contributed by atoms with E-state index in [-0.39, 0.29) is 5.82 Å². The van der Waals surface area contributed by atoms with Crippen LogP contribution in [0.15, 0.2) is 48.5 Å². The molecule has 3 aromatic rings.